The highest BCUT2D eigenvalue weighted by atomic mass is 16.5. The van der Waals surface area contributed by atoms with Gasteiger partial charge in [-0.2, -0.15) is 0 Å². The number of amides is 1. The highest BCUT2D eigenvalue weighted by Crippen LogP contribution is 2.49. The Hall–Kier alpha value is -3.82. The molecule has 2 aromatic carbocycles. The number of phenols is 1. The molecule has 3 heterocycles. The zero-order valence-electron chi connectivity index (χ0n) is 18.7. The van der Waals surface area contributed by atoms with Gasteiger partial charge in [0.05, 0.1) is 37.6 Å². The Bertz CT molecular complexity index is 1190. The lowest BCUT2D eigenvalue weighted by atomic mass is 9.85. The molecule has 5 rings (SSSR count). The van der Waals surface area contributed by atoms with Crippen LogP contribution in [-0.2, 0) is 9.53 Å². The molecule has 0 spiro atoms. The van der Waals surface area contributed by atoms with Gasteiger partial charge in [0.25, 0.3) is 0 Å². The summed E-state index contributed by atoms with van der Waals surface area (Å²) >= 11 is 0. The predicted molar refractivity (Wildman–Crippen MR) is 122 cm³/mol. The Morgan fingerprint density at radius 3 is 2.56 bits per heavy atom. The van der Waals surface area contributed by atoms with Crippen LogP contribution >= 0.6 is 0 Å². The highest BCUT2D eigenvalue weighted by Gasteiger charge is 2.56. The molecule has 2 aliphatic rings. The molecule has 0 radical (unpaired) electrons. The van der Waals surface area contributed by atoms with Crippen molar-refractivity contribution in [2.45, 2.75) is 25.0 Å². The molecule has 0 bridgehead atoms. The molecule has 176 valence electrons. The zero-order chi connectivity index (χ0) is 23.8. The molecule has 2 saturated heterocycles. The van der Waals surface area contributed by atoms with Gasteiger partial charge in [-0.1, -0.05) is 6.07 Å². The number of rotatable bonds is 6. The average molecular weight is 463 g/mol. The fraction of sp³-hybridized carbons (Fsp3) is 0.280. The van der Waals surface area contributed by atoms with Crippen LogP contribution in [0.15, 0.2) is 65.3 Å². The van der Waals surface area contributed by atoms with E-state index >= 15 is 0 Å². The van der Waals surface area contributed by atoms with E-state index in [9.17, 15) is 14.7 Å². The quantitative estimate of drug-likeness (QED) is 0.478. The number of hydrogen-bond donors (Lipinski definition) is 3. The number of aromatic hydroxyl groups is 1. The minimum absolute atomic E-state index is 0.0164. The van der Waals surface area contributed by atoms with Crippen LogP contribution in [0.4, 0.5) is 5.69 Å². The Morgan fingerprint density at radius 2 is 1.88 bits per heavy atom. The Kier molecular flexibility index (Phi) is 5.72. The van der Waals surface area contributed by atoms with E-state index in [1.54, 1.807) is 60.6 Å². The van der Waals surface area contributed by atoms with Gasteiger partial charge in [-0.15, -0.1) is 0 Å². The molecular formula is C25H25N3O6. The number of carbonyl (C=O) groups excluding carboxylic acids is 2. The van der Waals surface area contributed by atoms with Gasteiger partial charge >= 0.3 is 5.97 Å². The summed E-state index contributed by atoms with van der Waals surface area (Å²) < 4.78 is 16.1. The van der Waals surface area contributed by atoms with Crippen LogP contribution in [0.25, 0.3) is 0 Å². The minimum Gasteiger partial charge on any atom is -0.504 e. The SMILES string of the molecule is CCOC(=O)c1ccc(N2C(=O)C3NNC(c4ccco4)C3C2c2ccc(O)c(OC)c2)cc1. The number of nitrogens with one attached hydrogen (secondary N) is 2. The predicted octanol–water partition coefficient (Wildman–Crippen LogP) is 3.09. The van der Waals surface area contributed by atoms with Crippen LogP contribution in [-0.4, -0.2) is 36.7 Å². The van der Waals surface area contributed by atoms with Crippen molar-refractivity contribution < 1.29 is 28.6 Å². The van der Waals surface area contributed by atoms with E-state index in [4.69, 9.17) is 13.9 Å². The van der Waals surface area contributed by atoms with E-state index in [1.165, 1.54) is 7.11 Å². The Morgan fingerprint density at radius 1 is 1.12 bits per heavy atom. The van der Waals surface area contributed by atoms with Crippen LogP contribution in [0.2, 0.25) is 0 Å². The number of furan rings is 1. The van der Waals surface area contributed by atoms with Gasteiger partial charge in [-0.3, -0.25) is 4.79 Å². The van der Waals surface area contributed by atoms with Crippen molar-refractivity contribution in [3.8, 4) is 11.5 Å². The standard InChI is InChI=1S/C25H25N3O6/c1-3-33-25(31)14-6-9-16(10-7-14)28-23(15-8-11-17(29)19(13-15)32-2)20-21(18-5-4-12-34-18)26-27-22(20)24(28)30/h4-13,20-23,26-27,29H,3H2,1-2H3. The molecule has 4 atom stereocenters. The van der Waals surface area contributed by atoms with Crippen LogP contribution < -0.4 is 20.5 Å². The van der Waals surface area contributed by atoms with Crippen molar-refractivity contribution in [1.82, 2.24) is 10.9 Å². The van der Waals surface area contributed by atoms with E-state index in [-0.39, 0.29) is 30.2 Å². The molecule has 9 nitrogen and oxygen atoms in total. The maximum atomic E-state index is 13.6. The maximum absolute atomic E-state index is 13.6. The molecule has 34 heavy (non-hydrogen) atoms. The molecule has 2 fully saturated rings. The first-order valence-corrected chi connectivity index (χ1v) is 11.0. The molecule has 2 aliphatic heterocycles. The van der Waals surface area contributed by atoms with Gasteiger partial charge in [-0.05, 0) is 61.0 Å². The summed E-state index contributed by atoms with van der Waals surface area (Å²) in [6, 6.07) is 14.4. The van der Waals surface area contributed by atoms with Crippen molar-refractivity contribution in [2.75, 3.05) is 18.6 Å². The number of hydrogen-bond acceptors (Lipinski definition) is 8. The first-order chi connectivity index (χ1) is 16.5. The average Bonchev–Trinajstić information content (AvgIpc) is 3.58. The van der Waals surface area contributed by atoms with Crippen LogP contribution in [0.3, 0.4) is 0 Å². The highest BCUT2D eigenvalue weighted by molar-refractivity contribution is 6.02. The summed E-state index contributed by atoms with van der Waals surface area (Å²) in [5.74, 6) is 0.289. The number of carbonyl (C=O) groups is 2. The molecule has 9 heteroatoms. The van der Waals surface area contributed by atoms with Crippen molar-refractivity contribution in [2.24, 2.45) is 5.92 Å². The number of esters is 1. The monoisotopic (exact) mass is 463 g/mol. The molecule has 3 aromatic rings. The number of methoxy groups -OCH3 is 1. The van der Waals surface area contributed by atoms with Gasteiger partial charge in [0.1, 0.15) is 11.8 Å². The van der Waals surface area contributed by atoms with E-state index in [0.29, 0.717) is 22.8 Å². The molecule has 4 unspecified atom stereocenters. The lowest BCUT2D eigenvalue weighted by molar-refractivity contribution is -0.119. The lowest BCUT2D eigenvalue weighted by Crippen LogP contribution is -2.41. The fourth-order valence-electron chi connectivity index (χ4n) is 4.85. The number of anilines is 1. The molecular weight excluding hydrogens is 438 g/mol. The van der Waals surface area contributed by atoms with E-state index < -0.39 is 18.1 Å². The maximum Gasteiger partial charge on any atom is 0.338 e. The second kappa shape index (κ2) is 8.85. The van der Waals surface area contributed by atoms with Gasteiger partial charge in [0.2, 0.25) is 5.91 Å². The minimum atomic E-state index is -0.510. The first kappa shape index (κ1) is 22.0. The fourth-order valence-corrected chi connectivity index (χ4v) is 4.85. The van der Waals surface area contributed by atoms with E-state index in [2.05, 4.69) is 10.9 Å². The molecule has 3 N–H and O–H groups in total. The van der Waals surface area contributed by atoms with E-state index in [0.717, 1.165) is 5.56 Å². The largest absolute Gasteiger partial charge is 0.504 e. The third-order valence-electron chi connectivity index (χ3n) is 6.36. The summed E-state index contributed by atoms with van der Waals surface area (Å²) in [6.45, 7) is 2.03. The van der Waals surface area contributed by atoms with Gasteiger partial charge in [-0.25, -0.2) is 15.6 Å². The van der Waals surface area contributed by atoms with Crippen molar-refractivity contribution in [1.29, 1.82) is 0 Å². The van der Waals surface area contributed by atoms with E-state index in [1.807, 2.05) is 12.1 Å². The second-order valence-corrected chi connectivity index (χ2v) is 8.19. The third-order valence-corrected chi connectivity index (χ3v) is 6.36. The number of nitrogens with zero attached hydrogens (tertiary/aromatic N) is 1. The van der Waals surface area contributed by atoms with Crippen LogP contribution in [0.5, 0.6) is 11.5 Å². The summed E-state index contributed by atoms with van der Waals surface area (Å²) in [5.41, 5.74) is 8.20. The topological polar surface area (TPSA) is 113 Å². The third kappa shape index (κ3) is 3.59. The summed E-state index contributed by atoms with van der Waals surface area (Å²) in [6.07, 6.45) is 1.60. The van der Waals surface area contributed by atoms with Gasteiger partial charge < -0.3 is 23.9 Å². The number of benzene rings is 2. The molecule has 0 saturated carbocycles. The number of hydrazine groups is 1. The summed E-state index contributed by atoms with van der Waals surface area (Å²) in [7, 11) is 1.48. The Labute approximate surface area is 196 Å². The molecule has 1 aromatic heterocycles. The molecule has 1 amide bonds. The van der Waals surface area contributed by atoms with Crippen LogP contribution in [0.1, 0.15) is 40.7 Å². The van der Waals surface area contributed by atoms with Crippen LogP contribution in [0, 0.1) is 5.92 Å². The summed E-state index contributed by atoms with van der Waals surface area (Å²) in [5, 5.41) is 10.1. The van der Waals surface area contributed by atoms with Crippen molar-refractivity contribution in [3.63, 3.8) is 0 Å². The van der Waals surface area contributed by atoms with Crippen molar-refractivity contribution >= 4 is 17.6 Å². The first-order valence-electron chi connectivity index (χ1n) is 11.0. The smallest absolute Gasteiger partial charge is 0.338 e. The number of phenolic OH excluding ortho intramolecular Hbond substituents is 1. The van der Waals surface area contributed by atoms with Gasteiger partial charge in [0, 0.05) is 11.6 Å². The second-order valence-electron chi connectivity index (χ2n) is 8.19. The zero-order valence-corrected chi connectivity index (χ0v) is 18.7. The number of ether oxygens (including phenoxy) is 2. The normalized spacial score (nSPS) is 23.7. The van der Waals surface area contributed by atoms with Crippen molar-refractivity contribution in [3.05, 3.63) is 77.7 Å². The Balaban J connectivity index is 1.59. The number of fused-ring (bicyclic) bond motifs is 1. The molecule has 0 aliphatic carbocycles. The summed E-state index contributed by atoms with van der Waals surface area (Å²) in [4.78, 5) is 27.5. The van der Waals surface area contributed by atoms with Gasteiger partial charge in [0.15, 0.2) is 11.5 Å². The lowest BCUT2D eigenvalue weighted by Gasteiger charge is -2.31.